The number of rotatable bonds is 6. The fraction of sp³-hybridized carbons (Fsp3) is 1.00. The Balaban J connectivity index is 2.79. The van der Waals surface area contributed by atoms with Crippen LogP contribution < -0.4 is 0 Å². The molecule has 0 aliphatic heterocycles. The lowest BCUT2D eigenvalue weighted by molar-refractivity contribution is 0.0633. The summed E-state index contributed by atoms with van der Waals surface area (Å²) < 4.78 is 29.9. The second-order valence-corrected chi connectivity index (χ2v) is 7.63. The van der Waals surface area contributed by atoms with Gasteiger partial charge in [0.05, 0.1) is 12.2 Å². The molecule has 1 aliphatic carbocycles. The van der Waals surface area contributed by atoms with E-state index in [2.05, 4.69) is 0 Å². The van der Waals surface area contributed by atoms with Crippen LogP contribution in [0.2, 0.25) is 0 Å². The summed E-state index contributed by atoms with van der Waals surface area (Å²) in [6, 6.07) is 0. The molecule has 0 spiro atoms. The molecule has 0 amide bonds. The van der Waals surface area contributed by atoms with Crippen molar-refractivity contribution in [1.82, 2.24) is 4.31 Å². The topological polar surface area (TPSA) is 66.8 Å². The highest BCUT2D eigenvalue weighted by molar-refractivity contribution is 7.90. The molecule has 0 aromatic carbocycles. The van der Waals surface area contributed by atoms with E-state index in [1.54, 1.807) is 13.8 Å². The Morgan fingerprint density at radius 1 is 1.44 bits per heavy atom. The van der Waals surface area contributed by atoms with Crippen molar-refractivity contribution in [2.24, 2.45) is 0 Å². The minimum Gasteiger partial charge on any atom is -0.389 e. The molecule has 0 radical (unpaired) electrons. The van der Waals surface area contributed by atoms with Gasteiger partial charge in [-0.25, -0.2) is 12.7 Å². The molecule has 16 heavy (non-hydrogen) atoms. The first-order valence-corrected chi connectivity index (χ1v) is 6.76. The Labute approximate surface area is 97.4 Å². The van der Waals surface area contributed by atoms with Gasteiger partial charge in [-0.1, -0.05) is 0 Å². The van der Waals surface area contributed by atoms with Crippen LogP contribution in [0.25, 0.3) is 0 Å². The Morgan fingerprint density at radius 3 is 2.25 bits per heavy atom. The van der Waals surface area contributed by atoms with Crippen molar-refractivity contribution in [2.45, 2.75) is 37.0 Å². The average molecular weight is 251 g/mol. The van der Waals surface area contributed by atoms with E-state index in [1.165, 1.54) is 18.5 Å². The van der Waals surface area contributed by atoms with Crippen molar-refractivity contribution >= 4 is 10.0 Å². The molecule has 0 aromatic heterocycles. The van der Waals surface area contributed by atoms with E-state index in [4.69, 9.17) is 4.74 Å². The maximum absolute atomic E-state index is 12.2. The standard InChI is InChI=1S/C10H21NO4S/c1-9(2,12)7-11(3)16(13,14)10(5-6-10)8-15-4/h12H,5-8H2,1-4H3. The van der Waals surface area contributed by atoms with Crippen LogP contribution in [0.3, 0.4) is 0 Å². The highest BCUT2D eigenvalue weighted by atomic mass is 32.2. The molecule has 0 saturated heterocycles. The van der Waals surface area contributed by atoms with Crippen LogP contribution >= 0.6 is 0 Å². The van der Waals surface area contributed by atoms with E-state index in [9.17, 15) is 13.5 Å². The predicted molar refractivity (Wildman–Crippen MR) is 61.7 cm³/mol. The van der Waals surface area contributed by atoms with Gasteiger partial charge in [0.2, 0.25) is 10.0 Å². The Hall–Kier alpha value is -0.170. The third kappa shape index (κ3) is 2.74. The minimum absolute atomic E-state index is 0.0980. The first-order valence-electron chi connectivity index (χ1n) is 5.32. The summed E-state index contributed by atoms with van der Waals surface area (Å²) in [6.07, 6.45) is 1.28. The molecule has 0 aromatic rings. The fourth-order valence-corrected chi connectivity index (χ4v) is 3.87. The van der Waals surface area contributed by atoms with Crippen molar-refractivity contribution in [3.05, 3.63) is 0 Å². The number of aliphatic hydroxyl groups is 1. The quantitative estimate of drug-likeness (QED) is 0.732. The maximum Gasteiger partial charge on any atom is 0.221 e. The largest absolute Gasteiger partial charge is 0.389 e. The van der Waals surface area contributed by atoms with Gasteiger partial charge in [0.25, 0.3) is 0 Å². The number of ether oxygens (including phenoxy) is 1. The van der Waals surface area contributed by atoms with Crippen LogP contribution in [0.5, 0.6) is 0 Å². The normalized spacial score (nSPS) is 20.1. The van der Waals surface area contributed by atoms with Gasteiger partial charge in [0.1, 0.15) is 4.75 Å². The van der Waals surface area contributed by atoms with Gasteiger partial charge in [-0.2, -0.15) is 0 Å². The molecule has 1 aliphatic rings. The number of likely N-dealkylation sites (N-methyl/N-ethyl adjacent to an activating group) is 1. The van der Waals surface area contributed by atoms with Crippen molar-refractivity contribution < 1.29 is 18.3 Å². The third-order valence-electron chi connectivity index (χ3n) is 2.78. The first kappa shape index (κ1) is 13.9. The van der Waals surface area contributed by atoms with Crippen molar-refractivity contribution in [3.8, 4) is 0 Å². The zero-order chi connectivity index (χ0) is 12.6. The van der Waals surface area contributed by atoms with Crippen LogP contribution in [0, 0.1) is 0 Å². The first-order chi connectivity index (χ1) is 7.15. The zero-order valence-corrected chi connectivity index (χ0v) is 11.2. The Kier molecular flexibility index (Phi) is 3.69. The highest BCUT2D eigenvalue weighted by Crippen LogP contribution is 2.45. The van der Waals surface area contributed by atoms with E-state index >= 15 is 0 Å². The molecule has 0 heterocycles. The molecule has 96 valence electrons. The van der Waals surface area contributed by atoms with Crippen LogP contribution in [0.4, 0.5) is 0 Å². The van der Waals surface area contributed by atoms with Crippen molar-refractivity contribution in [3.63, 3.8) is 0 Å². The van der Waals surface area contributed by atoms with Gasteiger partial charge in [0, 0.05) is 20.7 Å². The van der Waals surface area contributed by atoms with Gasteiger partial charge in [-0.05, 0) is 26.7 Å². The van der Waals surface area contributed by atoms with Gasteiger partial charge < -0.3 is 9.84 Å². The molecule has 0 atom stereocenters. The van der Waals surface area contributed by atoms with Crippen molar-refractivity contribution in [1.29, 1.82) is 0 Å². The summed E-state index contributed by atoms with van der Waals surface area (Å²) in [7, 11) is -0.366. The van der Waals surface area contributed by atoms with E-state index in [1.807, 2.05) is 0 Å². The molecule has 0 unspecified atom stereocenters. The van der Waals surface area contributed by atoms with Crippen LogP contribution in [-0.4, -0.2) is 55.5 Å². The molecule has 1 fully saturated rings. The molecule has 0 bridgehead atoms. The van der Waals surface area contributed by atoms with E-state index < -0.39 is 20.4 Å². The Morgan fingerprint density at radius 2 is 1.94 bits per heavy atom. The number of hydrogen-bond acceptors (Lipinski definition) is 4. The third-order valence-corrected chi connectivity index (χ3v) is 5.35. The second kappa shape index (κ2) is 4.25. The number of nitrogens with zero attached hydrogens (tertiary/aromatic N) is 1. The molecular formula is C10H21NO4S. The monoisotopic (exact) mass is 251 g/mol. The molecule has 5 nitrogen and oxygen atoms in total. The van der Waals surface area contributed by atoms with E-state index in [0.717, 1.165) is 0 Å². The lowest BCUT2D eigenvalue weighted by atomic mass is 10.1. The summed E-state index contributed by atoms with van der Waals surface area (Å²) in [4.78, 5) is 0. The highest BCUT2D eigenvalue weighted by Gasteiger charge is 2.56. The van der Waals surface area contributed by atoms with E-state index in [0.29, 0.717) is 12.8 Å². The van der Waals surface area contributed by atoms with Gasteiger partial charge in [-0.15, -0.1) is 0 Å². The van der Waals surface area contributed by atoms with Crippen LogP contribution in [-0.2, 0) is 14.8 Å². The number of sulfonamides is 1. The average Bonchev–Trinajstić information content (AvgIpc) is 2.83. The number of methoxy groups -OCH3 is 1. The van der Waals surface area contributed by atoms with Gasteiger partial charge in [-0.3, -0.25) is 0 Å². The zero-order valence-electron chi connectivity index (χ0n) is 10.4. The van der Waals surface area contributed by atoms with Crippen LogP contribution in [0.1, 0.15) is 26.7 Å². The Bertz CT molecular complexity index is 340. The summed E-state index contributed by atoms with van der Waals surface area (Å²) in [5.74, 6) is 0. The molecular weight excluding hydrogens is 230 g/mol. The van der Waals surface area contributed by atoms with E-state index in [-0.39, 0.29) is 13.2 Å². The minimum atomic E-state index is -3.37. The summed E-state index contributed by atoms with van der Waals surface area (Å²) in [5, 5.41) is 9.63. The molecule has 1 N–H and O–H groups in total. The summed E-state index contributed by atoms with van der Waals surface area (Å²) in [6.45, 7) is 3.51. The lowest BCUT2D eigenvalue weighted by Gasteiger charge is -2.28. The molecule has 6 heteroatoms. The maximum atomic E-state index is 12.2. The summed E-state index contributed by atoms with van der Waals surface area (Å²) in [5.41, 5.74) is -1.02. The molecule has 1 saturated carbocycles. The second-order valence-electron chi connectivity index (χ2n) is 5.19. The van der Waals surface area contributed by atoms with Gasteiger partial charge in [0.15, 0.2) is 0 Å². The SMILES string of the molecule is COCC1(S(=O)(=O)N(C)CC(C)(C)O)CC1. The van der Waals surface area contributed by atoms with Gasteiger partial charge >= 0.3 is 0 Å². The smallest absolute Gasteiger partial charge is 0.221 e. The van der Waals surface area contributed by atoms with Crippen molar-refractivity contribution in [2.75, 3.05) is 27.3 Å². The molecule has 1 rings (SSSR count). The predicted octanol–water partition coefficient (Wildman–Crippen LogP) is 0.198. The fourth-order valence-electron chi connectivity index (χ4n) is 1.84. The summed E-state index contributed by atoms with van der Waals surface area (Å²) >= 11 is 0. The lowest BCUT2D eigenvalue weighted by Crippen LogP contribution is -2.46. The number of hydrogen-bond donors (Lipinski definition) is 1. The van der Waals surface area contributed by atoms with Crippen LogP contribution in [0.15, 0.2) is 0 Å².